The molecule has 0 aliphatic rings. The van der Waals surface area contributed by atoms with E-state index < -0.39 is 22.8 Å². The minimum atomic E-state index is -1.23. The van der Waals surface area contributed by atoms with Crippen LogP contribution in [0.1, 0.15) is 22.0 Å². The van der Waals surface area contributed by atoms with Gasteiger partial charge < -0.3 is 10.4 Å². The van der Waals surface area contributed by atoms with E-state index in [1.807, 2.05) is 0 Å². The molecule has 0 saturated carbocycles. The van der Waals surface area contributed by atoms with Crippen molar-refractivity contribution in [3.05, 3.63) is 75.8 Å². The number of nitro groups is 1. The second kappa shape index (κ2) is 6.49. The number of carboxylic acids is 1. The Kier molecular flexibility index (Phi) is 4.47. The van der Waals surface area contributed by atoms with E-state index in [-0.39, 0.29) is 11.3 Å². The molecule has 0 saturated heterocycles. The van der Waals surface area contributed by atoms with Crippen molar-refractivity contribution in [1.82, 2.24) is 5.32 Å². The summed E-state index contributed by atoms with van der Waals surface area (Å²) in [5.74, 6) is -1.91. The summed E-state index contributed by atoms with van der Waals surface area (Å²) in [5, 5.41) is 22.3. The number of non-ortho nitro benzene ring substituents is 1. The molecule has 1 amide bonds. The molecular formula is C15H12N2O5. The van der Waals surface area contributed by atoms with Crippen molar-refractivity contribution in [3.8, 4) is 0 Å². The Morgan fingerprint density at radius 2 is 1.77 bits per heavy atom. The molecule has 0 heterocycles. The third kappa shape index (κ3) is 3.45. The second-order valence-electron chi connectivity index (χ2n) is 4.46. The van der Waals surface area contributed by atoms with E-state index >= 15 is 0 Å². The number of carbonyl (C=O) groups is 2. The Balaban J connectivity index is 2.24. The maximum absolute atomic E-state index is 12.1. The van der Waals surface area contributed by atoms with Crippen molar-refractivity contribution in [1.29, 1.82) is 0 Å². The van der Waals surface area contributed by atoms with Crippen LogP contribution in [0.25, 0.3) is 0 Å². The molecule has 0 spiro atoms. The zero-order valence-corrected chi connectivity index (χ0v) is 11.3. The van der Waals surface area contributed by atoms with Crippen molar-refractivity contribution in [2.45, 2.75) is 6.04 Å². The van der Waals surface area contributed by atoms with Crippen LogP contribution in [-0.2, 0) is 4.79 Å². The van der Waals surface area contributed by atoms with Crippen LogP contribution in [0.2, 0.25) is 0 Å². The van der Waals surface area contributed by atoms with Crippen LogP contribution in [0.5, 0.6) is 0 Å². The Morgan fingerprint density at radius 1 is 1.09 bits per heavy atom. The summed E-state index contributed by atoms with van der Waals surface area (Å²) in [7, 11) is 0. The number of hydrogen-bond donors (Lipinski definition) is 2. The summed E-state index contributed by atoms with van der Waals surface area (Å²) in [6.45, 7) is 0. The van der Waals surface area contributed by atoms with E-state index in [2.05, 4.69) is 5.32 Å². The molecule has 2 aromatic carbocycles. The number of benzene rings is 2. The standard InChI is InChI=1S/C15H12N2O5/c18-14(11-7-4-8-12(9-11)17(21)22)16-13(15(19)20)10-5-2-1-3-6-10/h1-9,13H,(H,16,18)(H,19,20). The van der Waals surface area contributed by atoms with Gasteiger partial charge in [-0.15, -0.1) is 0 Å². The highest BCUT2D eigenvalue weighted by molar-refractivity contribution is 5.97. The molecule has 112 valence electrons. The van der Waals surface area contributed by atoms with Gasteiger partial charge in [0, 0.05) is 17.7 Å². The number of aliphatic carboxylic acids is 1. The van der Waals surface area contributed by atoms with Gasteiger partial charge >= 0.3 is 5.97 Å². The topological polar surface area (TPSA) is 110 Å². The summed E-state index contributed by atoms with van der Waals surface area (Å²) in [6.07, 6.45) is 0. The van der Waals surface area contributed by atoms with Gasteiger partial charge in [-0.3, -0.25) is 14.9 Å². The molecule has 2 aromatic rings. The van der Waals surface area contributed by atoms with Gasteiger partial charge in [-0.05, 0) is 11.6 Å². The monoisotopic (exact) mass is 300 g/mol. The summed E-state index contributed by atoms with van der Waals surface area (Å²) in [6, 6.07) is 12.1. The maximum atomic E-state index is 12.1. The first-order valence-electron chi connectivity index (χ1n) is 6.32. The lowest BCUT2D eigenvalue weighted by atomic mass is 10.1. The number of rotatable bonds is 5. The number of nitrogens with zero attached hydrogens (tertiary/aromatic N) is 1. The van der Waals surface area contributed by atoms with Crippen molar-refractivity contribution in [2.75, 3.05) is 0 Å². The fourth-order valence-electron chi connectivity index (χ4n) is 1.91. The molecule has 0 radical (unpaired) electrons. The minimum Gasteiger partial charge on any atom is -0.479 e. The fourth-order valence-corrected chi connectivity index (χ4v) is 1.91. The third-order valence-electron chi connectivity index (χ3n) is 2.97. The number of nitrogens with one attached hydrogen (secondary N) is 1. The van der Waals surface area contributed by atoms with Crippen molar-refractivity contribution >= 4 is 17.6 Å². The van der Waals surface area contributed by atoms with Gasteiger partial charge in [0.2, 0.25) is 0 Å². The predicted molar refractivity (Wildman–Crippen MR) is 77.4 cm³/mol. The highest BCUT2D eigenvalue weighted by Gasteiger charge is 2.23. The first-order valence-corrected chi connectivity index (χ1v) is 6.32. The van der Waals surface area contributed by atoms with Gasteiger partial charge in [0.15, 0.2) is 6.04 Å². The zero-order chi connectivity index (χ0) is 16.1. The van der Waals surface area contributed by atoms with Gasteiger partial charge in [0.05, 0.1) is 4.92 Å². The summed E-state index contributed by atoms with van der Waals surface area (Å²) in [5.41, 5.74) is 0.199. The van der Waals surface area contributed by atoms with Gasteiger partial charge in [-0.25, -0.2) is 4.79 Å². The van der Waals surface area contributed by atoms with E-state index in [0.29, 0.717) is 5.56 Å². The summed E-state index contributed by atoms with van der Waals surface area (Å²) in [4.78, 5) is 33.5. The van der Waals surface area contributed by atoms with Gasteiger partial charge in [-0.2, -0.15) is 0 Å². The Labute approximate surface area is 125 Å². The van der Waals surface area contributed by atoms with Crippen LogP contribution in [0.15, 0.2) is 54.6 Å². The van der Waals surface area contributed by atoms with Crippen LogP contribution < -0.4 is 5.32 Å². The number of carbonyl (C=O) groups excluding carboxylic acids is 1. The van der Waals surface area contributed by atoms with Gasteiger partial charge in [-0.1, -0.05) is 36.4 Å². The Morgan fingerprint density at radius 3 is 2.36 bits per heavy atom. The van der Waals surface area contributed by atoms with Crippen LogP contribution in [0.3, 0.4) is 0 Å². The molecule has 0 fully saturated rings. The molecule has 7 nitrogen and oxygen atoms in total. The molecule has 0 aliphatic carbocycles. The molecule has 0 aliphatic heterocycles. The lowest BCUT2D eigenvalue weighted by Crippen LogP contribution is -2.33. The normalized spacial score (nSPS) is 11.5. The maximum Gasteiger partial charge on any atom is 0.330 e. The number of hydrogen-bond acceptors (Lipinski definition) is 4. The molecule has 22 heavy (non-hydrogen) atoms. The molecule has 2 rings (SSSR count). The molecular weight excluding hydrogens is 288 g/mol. The molecule has 2 N–H and O–H groups in total. The second-order valence-corrected chi connectivity index (χ2v) is 4.46. The molecule has 0 bridgehead atoms. The highest BCUT2D eigenvalue weighted by atomic mass is 16.6. The SMILES string of the molecule is O=C(NC(C(=O)O)c1ccccc1)c1cccc([N+](=O)[O-])c1. The van der Waals surface area contributed by atoms with Crippen LogP contribution in [0.4, 0.5) is 5.69 Å². The number of amides is 1. The average molecular weight is 300 g/mol. The summed E-state index contributed by atoms with van der Waals surface area (Å²) < 4.78 is 0. The zero-order valence-electron chi connectivity index (χ0n) is 11.3. The van der Waals surface area contributed by atoms with E-state index in [9.17, 15) is 24.8 Å². The van der Waals surface area contributed by atoms with E-state index in [1.165, 1.54) is 18.2 Å². The largest absolute Gasteiger partial charge is 0.479 e. The lowest BCUT2D eigenvalue weighted by molar-refractivity contribution is -0.384. The fraction of sp³-hybridized carbons (Fsp3) is 0.0667. The van der Waals surface area contributed by atoms with Crippen LogP contribution in [-0.4, -0.2) is 21.9 Å². The highest BCUT2D eigenvalue weighted by Crippen LogP contribution is 2.16. The van der Waals surface area contributed by atoms with E-state index in [0.717, 1.165) is 6.07 Å². The average Bonchev–Trinajstić information content (AvgIpc) is 2.53. The molecule has 1 atom stereocenters. The predicted octanol–water partition coefficient (Wildman–Crippen LogP) is 2.15. The third-order valence-corrected chi connectivity index (χ3v) is 2.97. The molecule has 0 aromatic heterocycles. The summed E-state index contributed by atoms with van der Waals surface area (Å²) >= 11 is 0. The van der Waals surface area contributed by atoms with E-state index in [4.69, 9.17) is 0 Å². The van der Waals surface area contributed by atoms with Crippen molar-refractivity contribution < 1.29 is 19.6 Å². The first-order chi connectivity index (χ1) is 10.5. The van der Waals surface area contributed by atoms with E-state index in [1.54, 1.807) is 30.3 Å². The quantitative estimate of drug-likeness (QED) is 0.649. The van der Waals surface area contributed by atoms with Crippen molar-refractivity contribution in [3.63, 3.8) is 0 Å². The molecule has 1 unspecified atom stereocenters. The van der Waals surface area contributed by atoms with Crippen LogP contribution in [0, 0.1) is 10.1 Å². The molecule has 7 heteroatoms. The number of carboxylic acid groups (broad SMARTS) is 1. The first kappa shape index (κ1) is 15.2. The Hall–Kier alpha value is -3.22. The smallest absolute Gasteiger partial charge is 0.330 e. The van der Waals surface area contributed by atoms with Gasteiger partial charge in [0.25, 0.3) is 11.6 Å². The van der Waals surface area contributed by atoms with Crippen LogP contribution >= 0.6 is 0 Å². The lowest BCUT2D eigenvalue weighted by Gasteiger charge is -2.14. The van der Waals surface area contributed by atoms with Crippen molar-refractivity contribution in [2.24, 2.45) is 0 Å². The number of nitro benzene ring substituents is 1. The Bertz CT molecular complexity index is 715. The van der Waals surface area contributed by atoms with Gasteiger partial charge in [0.1, 0.15) is 0 Å². The minimum absolute atomic E-state index is 0.0244.